The van der Waals surface area contributed by atoms with E-state index in [0.717, 1.165) is 23.5 Å². The summed E-state index contributed by atoms with van der Waals surface area (Å²) in [4.78, 5) is 14.7. The number of carbonyl (C=O) groups is 1. The fourth-order valence-electron chi connectivity index (χ4n) is 5.11. The number of nitrogens with zero attached hydrogens (tertiary/aromatic N) is 3. The summed E-state index contributed by atoms with van der Waals surface area (Å²) in [5, 5.41) is 18.9. The van der Waals surface area contributed by atoms with Crippen molar-refractivity contribution in [1.82, 2.24) is 20.0 Å². The highest BCUT2D eigenvalue weighted by Gasteiger charge is 2.49. The van der Waals surface area contributed by atoms with Crippen molar-refractivity contribution in [3.05, 3.63) is 40.7 Å². The summed E-state index contributed by atoms with van der Waals surface area (Å²) in [6.45, 7) is 7.33. The number of benzene rings is 1. The summed E-state index contributed by atoms with van der Waals surface area (Å²) in [5.74, 6) is -3.62. The molecule has 2 N–H and O–H groups in total. The Morgan fingerprint density at radius 2 is 2.09 bits per heavy atom. The molecule has 5 rings (SSSR count). The van der Waals surface area contributed by atoms with Crippen LogP contribution in [0.1, 0.15) is 68.1 Å². The minimum Gasteiger partial charge on any atom is -0.506 e. The molecule has 1 aromatic carbocycles. The van der Waals surface area contributed by atoms with Gasteiger partial charge in [-0.15, -0.1) is 0 Å². The first-order valence-corrected chi connectivity index (χ1v) is 11.6. The van der Waals surface area contributed by atoms with Crippen LogP contribution < -0.4 is 5.32 Å². The molecule has 0 radical (unpaired) electrons. The van der Waals surface area contributed by atoms with Gasteiger partial charge in [0.2, 0.25) is 0 Å². The highest BCUT2D eigenvalue weighted by atomic mass is 19.3. The Morgan fingerprint density at radius 3 is 2.73 bits per heavy atom. The molecule has 0 saturated heterocycles. The van der Waals surface area contributed by atoms with Gasteiger partial charge in [0, 0.05) is 50.4 Å². The number of nitrogens with one attached hydrogen (secondary N) is 1. The molecule has 1 aromatic heterocycles. The molecule has 33 heavy (non-hydrogen) atoms. The summed E-state index contributed by atoms with van der Waals surface area (Å²) < 4.78 is 35.1. The summed E-state index contributed by atoms with van der Waals surface area (Å²) in [7, 11) is 0. The Balaban J connectivity index is 1.50. The van der Waals surface area contributed by atoms with E-state index < -0.39 is 17.4 Å². The molecule has 1 fully saturated rings. The van der Waals surface area contributed by atoms with Gasteiger partial charge in [-0.05, 0) is 44.9 Å². The Labute approximate surface area is 191 Å². The zero-order valence-corrected chi connectivity index (χ0v) is 19.2. The maximum atomic E-state index is 13.9. The van der Waals surface area contributed by atoms with Crippen LogP contribution >= 0.6 is 0 Å². The van der Waals surface area contributed by atoms with Crippen LogP contribution in [0.5, 0.6) is 5.75 Å². The quantitative estimate of drug-likeness (QED) is 0.706. The minimum atomic E-state index is -2.71. The van der Waals surface area contributed by atoms with Crippen molar-refractivity contribution in [2.24, 2.45) is 0 Å². The standard InChI is InChI=1S/C24H30F2N4O3/c1-23(2,3)33-22(32)29-11-8-18-21-16(7-10-27-13-19(21)29)28-30(18)17-5-4-14(12-20(17)31)15-6-9-24(15,25)26/h4-5,12,15,19,27,31H,6-11,13H2,1-3H3. The van der Waals surface area contributed by atoms with E-state index in [1.165, 1.54) is 6.07 Å². The molecule has 178 valence electrons. The average molecular weight is 461 g/mol. The molecule has 1 aliphatic carbocycles. The number of amides is 1. The fraction of sp³-hybridized carbons (Fsp3) is 0.583. The molecule has 1 amide bonds. The number of hydrogen-bond donors (Lipinski definition) is 2. The van der Waals surface area contributed by atoms with Crippen LogP contribution in [0.2, 0.25) is 0 Å². The van der Waals surface area contributed by atoms with Gasteiger partial charge in [-0.1, -0.05) is 6.07 Å². The molecule has 7 nitrogen and oxygen atoms in total. The van der Waals surface area contributed by atoms with Crippen LogP contribution in [0.4, 0.5) is 13.6 Å². The van der Waals surface area contributed by atoms with E-state index >= 15 is 0 Å². The van der Waals surface area contributed by atoms with Crippen LogP contribution in [0, 0.1) is 0 Å². The average Bonchev–Trinajstić information content (AvgIpc) is 2.94. The first-order valence-electron chi connectivity index (χ1n) is 11.6. The molecule has 2 unspecified atom stereocenters. The highest BCUT2D eigenvalue weighted by Crippen LogP contribution is 2.50. The summed E-state index contributed by atoms with van der Waals surface area (Å²) >= 11 is 0. The minimum absolute atomic E-state index is 0.0617. The molecule has 3 aliphatic rings. The molecular formula is C24H30F2N4O3. The predicted molar refractivity (Wildman–Crippen MR) is 118 cm³/mol. The number of carbonyl (C=O) groups excluding carboxylic acids is 1. The lowest BCUT2D eigenvalue weighted by Crippen LogP contribution is -2.46. The smallest absolute Gasteiger partial charge is 0.410 e. The second kappa shape index (κ2) is 7.68. The highest BCUT2D eigenvalue weighted by molar-refractivity contribution is 5.70. The maximum Gasteiger partial charge on any atom is 0.410 e. The Bertz CT molecular complexity index is 1090. The third-order valence-electron chi connectivity index (χ3n) is 6.81. The number of alkyl halides is 2. The van der Waals surface area contributed by atoms with Crippen LogP contribution in [0.15, 0.2) is 18.2 Å². The fourth-order valence-corrected chi connectivity index (χ4v) is 5.11. The van der Waals surface area contributed by atoms with Crippen molar-refractivity contribution in [3.8, 4) is 11.4 Å². The zero-order chi connectivity index (χ0) is 23.5. The molecule has 2 atom stereocenters. The molecule has 3 heterocycles. The second-order valence-corrected chi connectivity index (χ2v) is 10.2. The van der Waals surface area contributed by atoms with Crippen LogP contribution in [0.3, 0.4) is 0 Å². The van der Waals surface area contributed by atoms with E-state index in [4.69, 9.17) is 9.84 Å². The Hall–Kier alpha value is -2.68. The summed E-state index contributed by atoms with van der Waals surface area (Å²) in [6.07, 6.45) is 1.21. The van der Waals surface area contributed by atoms with E-state index in [-0.39, 0.29) is 24.3 Å². The van der Waals surface area contributed by atoms with E-state index in [9.17, 15) is 18.7 Å². The second-order valence-electron chi connectivity index (χ2n) is 10.2. The van der Waals surface area contributed by atoms with Crippen LogP contribution in [-0.4, -0.2) is 57.0 Å². The van der Waals surface area contributed by atoms with E-state index in [1.807, 2.05) is 20.8 Å². The van der Waals surface area contributed by atoms with Crippen molar-refractivity contribution in [1.29, 1.82) is 0 Å². The lowest BCUT2D eigenvalue weighted by molar-refractivity contribution is -0.0962. The molecule has 2 aliphatic heterocycles. The monoisotopic (exact) mass is 460 g/mol. The largest absolute Gasteiger partial charge is 0.506 e. The van der Waals surface area contributed by atoms with E-state index in [2.05, 4.69) is 5.32 Å². The number of phenolic OH excluding ortho intramolecular Hbond substituents is 1. The Kier molecular flexibility index (Phi) is 5.15. The van der Waals surface area contributed by atoms with Crippen molar-refractivity contribution in [2.45, 2.75) is 69.9 Å². The van der Waals surface area contributed by atoms with E-state index in [0.29, 0.717) is 43.6 Å². The lowest BCUT2D eigenvalue weighted by atomic mass is 9.76. The molecular weight excluding hydrogens is 430 g/mol. The van der Waals surface area contributed by atoms with Gasteiger partial charge in [0.05, 0.1) is 17.4 Å². The predicted octanol–water partition coefficient (Wildman–Crippen LogP) is 4.07. The van der Waals surface area contributed by atoms with Gasteiger partial charge >= 0.3 is 6.09 Å². The van der Waals surface area contributed by atoms with Gasteiger partial charge in [0.25, 0.3) is 5.92 Å². The maximum absolute atomic E-state index is 13.9. The normalized spacial score (nSPS) is 24.0. The SMILES string of the molecule is CC(C)(C)OC(=O)N1CCc2c3c(nn2-c2ccc(C4CCC4(F)F)cc2O)CCNCC31. The van der Waals surface area contributed by atoms with E-state index in [1.54, 1.807) is 21.7 Å². The number of aromatic nitrogens is 2. The van der Waals surface area contributed by atoms with Crippen LogP contribution in [-0.2, 0) is 17.6 Å². The lowest BCUT2D eigenvalue weighted by Gasteiger charge is -2.37. The van der Waals surface area contributed by atoms with Gasteiger partial charge in [0.15, 0.2) is 0 Å². The van der Waals surface area contributed by atoms with Crippen molar-refractivity contribution < 1.29 is 23.4 Å². The Morgan fingerprint density at radius 1 is 1.30 bits per heavy atom. The van der Waals surface area contributed by atoms with Gasteiger partial charge in [-0.25, -0.2) is 18.3 Å². The first-order chi connectivity index (χ1) is 15.5. The number of halogens is 2. The number of phenols is 1. The zero-order valence-electron chi connectivity index (χ0n) is 19.2. The van der Waals surface area contributed by atoms with Crippen molar-refractivity contribution in [3.63, 3.8) is 0 Å². The first kappa shape index (κ1) is 22.1. The molecule has 1 saturated carbocycles. The number of rotatable bonds is 2. The third kappa shape index (κ3) is 3.86. The summed E-state index contributed by atoms with van der Waals surface area (Å²) in [5.41, 5.74) is 3.15. The summed E-state index contributed by atoms with van der Waals surface area (Å²) in [6, 6.07) is 4.57. The van der Waals surface area contributed by atoms with Gasteiger partial charge in [0.1, 0.15) is 17.0 Å². The number of ether oxygens (including phenoxy) is 1. The van der Waals surface area contributed by atoms with Gasteiger partial charge in [-0.3, -0.25) is 4.90 Å². The molecule has 0 spiro atoms. The van der Waals surface area contributed by atoms with Crippen LogP contribution in [0.25, 0.3) is 5.69 Å². The third-order valence-corrected chi connectivity index (χ3v) is 6.81. The van der Waals surface area contributed by atoms with Crippen molar-refractivity contribution in [2.75, 3.05) is 19.6 Å². The van der Waals surface area contributed by atoms with Gasteiger partial charge in [-0.2, -0.15) is 5.10 Å². The van der Waals surface area contributed by atoms with Gasteiger partial charge < -0.3 is 15.2 Å². The van der Waals surface area contributed by atoms with Crippen molar-refractivity contribution >= 4 is 6.09 Å². The number of hydrogen-bond acceptors (Lipinski definition) is 5. The number of aromatic hydroxyl groups is 1. The topological polar surface area (TPSA) is 79.6 Å². The molecule has 9 heteroatoms. The molecule has 0 bridgehead atoms. The molecule has 2 aromatic rings.